The number of aliphatic hydroxyl groups is 2. The van der Waals surface area contributed by atoms with Gasteiger partial charge in [-0.3, -0.25) is 19.8 Å². The van der Waals surface area contributed by atoms with Gasteiger partial charge in [-0.15, -0.1) is 0 Å². The van der Waals surface area contributed by atoms with E-state index >= 15 is 0 Å². The highest BCUT2D eigenvalue weighted by Gasteiger charge is 2.34. The van der Waals surface area contributed by atoms with Crippen LogP contribution in [-0.4, -0.2) is 56.7 Å². The number of rotatable bonds is 4. The molecule has 1 saturated heterocycles. The molecule has 2 aliphatic rings. The van der Waals surface area contributed by atoms with Gasteiger partial charge in [0.2, 0.25) is 0 Å². The van der Waals surface area contributed by atoms with Crippen LogP contribution in [0.3, 0.4) is 0 Å². The van der Waals surface area contributed by atoms with Crippen molar-refractivity contribution in [3.05, 3.63) is 26.2 Å². The number of carboxylic acids is 1. The molecule has 142 valence electrons. The second-order valence-electron chi connectivity index (χ2n) is 6.44. The minimum Gasteiger partial charge on any atom is -0.481 e. The number of nitrogens with zero attached hydrogens (tertiary/aromatic N) is 2. The van der Waals surface area contributed by atoms with E-state index in [2.05, 4.69) is 31.5 Å². The lowest BCUT2D eigenvalue weighted by molar-refractivity contribution is -0.384. The summed E-state index contributed by atoms with van der Waals surface area (Å²) in [5.74, 6) is -1.14. The molecule has 10 nitrogen and oxygen atoms in total. The molecule has 11 heteroatoms. The van der Waals surface area contributed by atoms with Crippen LogP contribution in [0.5, 0.6) is 0 Å². The molecule has 0 aromatic heterocycles. The SMILES string of the molecule is O=C(O)C1CCN(Cc2cc(Br)c([N+](=O)[O-])c3c2NC(O)C(O)N3)CC1. The van der Waals surface area contributed by atoms with Crippen LogP contribution in [0.2, 0.25) is 0 Å². The van der Waals surface area contributed by atoms with Crippen molar-refractivity contribution in [3.8, 4) is 0 Å². The molecule has 0 radical (unpaired) electrons. The number of nitro benzene ring substituents is 1. The molecule has 0 saturated carbocycles. The first kappa shape index (κ1) is 18.8. The van der Waals surface area contributed by atoms with Gasteiger partial charge in [-0.1, -0.05) is 0 Å². The fourth-order valence-electron chi connectivity index (χ4n) is 3.33. The van der Waals surface area contributed by atoms with Crippen LogP contribution >= 0.6 is 15.9 Å². The number of carbonyl (C=O) groups is 1. The molecule has 2 heterocycles. The lowest BCUT2D eigenvalue weighted by atomic mass is 9.96. The number of hydrogen-bond donors (Lipinski definition) is 5. The van der Waals surface area contributed by atoms with Gasteiger partial charge in [-0.25, -0.2) is 0 Å². The summed E-state index contributed by atoms with van der Waals surface area (Å²) in [6.07, 6.45) is -1.60. The van der Waals surface area contributed by atoms with Crippen LogP contribution in [-0.2, 0) is 11.3 Å². The number of aliphatic carboxylic acids is 1. The van der Waals surface area contributed by atoms with Gasteiger partial charge in [0, 0.05) is 6.54 Å². The molecule has 2 aliphatic heterocycles. The summed E-state index contributed by atoms with van der Waals surface area (Å²) in [7, 11) is 0. The van der Waals surface area contributed by atoms with E-state index < -0.39 is 23.3 Å². The number of halogens is 1. The molecule has 3 rings (SSSR count). The zero-order valence-corrected chi connectivity index (χ0v) is 15.3. The van der Waals surface area contributed by atoms with Gasteiger partial charge >= 0.3 is 11.7 Å². The predicted octanol–water partition coefficient (Wildman–Crippen LogP) is 1.13. The number of hydrogen-bond acceptors (Lipinski definition) is 8. The van der Waals surface area contributed by atoms with Gasteiger partial charge in [0.05, 0.1) is 21.0 Å². The zero-order chi connectivity index (χ0) is 19.0. The lowest BCUT2D eigenvalue weighted by Crippen LogP contribution is -2.43. The van der Waals surface area contributed by atoms with Crippen LogP contribution in [0.1, 0.15) is 18.4 Å². The quantitative estimate of drug-likeness (QED) is 0.349. The van der Waals surface area contributed by atoms with Crippen LogP contribution < -0.4 is 10.6 Å². The zero-order valence-electron chi connectivity index (χ0n) is 13.7. The second-order valence-corrected chi connectivity index (χ2v) is 7.29. The smallest absolute Gasteiger partial charge is 0.308 e. The summed E-state index contributed by atoms with van der Waals surface area (Å²) in [4.78, 5) is 23.9. The van der Waals surface area contributed by atoms with E-state index in [-0.39, 0.29) is 21.8 Å². The predicted molar refractivity (Wildman–Crippen MR) is 95.7 cm³/mol. The fraction of sp³-hybridized carbons (Fsp3) is 0.533. The van der Waals surface area contributed by atoms with Crippen molar-refractivity contribution in [2.45, 2.75) is 31.8 Å². The van der Waals surface area contributed by atoms with Gasteiger partial charge in [0.15, 0.2) is 12.5 Å². The minimum atomic E-state index is -1.38. The highest BCUT2D eigenvalue weighted by Crippen LogP contribution is 2.44. The number of benzene rings is 1. The molecule has 0 spiro atoms. The van der Waals surface area contributed by atoms with Crippen LogP contribution in [0, 0.1) is 16.0 Å². The Labute approximate surface area is 157 Å². The van der Waals surface area contributed by atoms with Gasteiger partial charge in [-0.05, 0) is 53.5 Å². The highest BCUT2D eigenvalue weighted by molar-refractivity contribution is 9.10. The van der Waals surface area contributed by atoms with Crippen molar-refractivity contribution >= 4 is 39.0 Å². The third-order valence-electron chi connectivity index (χ3n) is 4.73. The minimum absolute atomic E-state index is 0.109. The van der Waals surface area contributed by atoms with Gasteiger partial charge in [0.1, 0.15) is 5.69 Å². The number of aliphatic hydroxyl groups excluding tert-OH is 2. The van der Waals surface area contributed by atoms with Crippen LogP contribution in [0.15, 0.2) is 10.5 Å². The fourth-order valence-corrected chi connectivity index (χ4v) is 3.95. The maximum Gasteiger partial charge on any atom is 0.308 e. The molecule has 0 amide bonds. The largest absolute Gasteiger partial charge is 0.481 e. The first-order valence-corrected chi connectivity index (χ1v) is 8.91. The molecule has 0 bridgehead atoms. The summed E-state index contributed by atoms with van der Waals surface area (Å²) in [6.45, 7) is 1.63. The van der Waals surface area contributed by atoms with Crippen LogP contribution in [0.25, 0.3) is 0 Å². The Kier molecular flexibility index (Phi) is 5.32. The summed E-state index contributed by atoms with van der Waals surface area (Å²) < 4.78 is 0.259. The molecule has 1 aromatic rings. The molecule has 2 atom stereocenters. The number of nitrogens with one attached hydrogen (secondary N) is 2. The number of nitro groups is 1. The Morgan fingerprint density at radius 3 is 2.38 bits per heavy atom. The van der Waals surface area contributed by atoms with E-state index in [1.54, 1.807) is 6.07 Å². The van der Waals surface area contributed by atoms with Crippen molar-refractivity contribution in [2.24, 2.45) is 5.92 Å². The molecule has 2 unspecified atom stereocenters. The van der Waals surface area contributed by atoms with E-state index in [9.17, 15) is 25.1 Å². The van der Waals surface area contributed by atoms with Crippen molar-refractivity contribution in [3.63, 3.8) is 0 Å². The van der Waals surface area contributed by atoms with E-state index in [1.165, 1.54) is 0 Å². The lowest BCUT2D eigenvalue weighted by Gasteiger charge is -2.34. The number of carboxylic acid groups (broad SMARTS) is 1. The number of piperidine rings is 1. The Bertz CT molecular complexity index is 737. The highest BCUT2D eigenvalue weighted by atomic mass is 79.9. The normalized spacial score (nSPS) is 23.7. The van der Waals surface area contributed by atoms with Crippen molar-refractivity contribution in [1.29, 1.82) is 0 Å². The molecule has 1 aromatic carbocycles. The summed E-state index contributed by atoms with van der Waals surface area (Å²) in [6, 6.07) is 1.61. The first-order valence-electron chi connectivity index (χ1n) is 8.12. The van der Waals surface area contributed by atoms with E-state index in [0.717, 1.165) is 0 Å². The molecule has 1 fully saturated rings. The third-order valence-corrected chi connectivity index (χ3v) is 5.34. The van der Waals surface area contributed by atoms with Gasteiger partial charge in [-0.2, -0.15) is 0 Å². The van der Waals surface area contributed by atoms with Crippen molar-refractivity contribution in [1.82, 2.24) is 4.90 Å². The maximum absolute atomic E-state index is 11.4. The summed E-state index contributed by atoms with van der Waals surface area (Å²) in [5.41, 5.74) is 0.937. The van der Waals surface area contributed by atoms with Gasteiger partial charge in [0.25, 0.3) is 0 Å². The molecule has 0 aliphatic carbocycles. The van der Waals surface area contributed by atoms with E-state index in [0.29, 0.717) is 43.7 Å². The monoisotopic (exact) mass is 430 g/mol. The van der Waals surface area contributed by atoms with E-state index in [1.807, 2.05) is 0 Å². The number of fused-ring (bicyclic) bond motifs is 1. The Morgan fingerprint density at radius 2 is 1.85 bits per heavy atom. The summed E-state index contributed by atoms with van der Waals surface area (Å²) in [5, 5.41) is 45.4. The average molecular weight is 431 g/mol. The molecular weight excluding hydrogens is 412 g/mol. The maximum atomic E-state index is 11.4. The average Bonchev–Trinajstić information content (AvgIpc) is 2.57. The van der Waals surface area contributed by atoms with Gasteiger partial charge < -0.3 is 26.0 Å². The van der Waals surface area contributed by atoms with E-state index in [4.69, 9.17) is 5.11 Å². The molecule has 5 N–H and O–H groups in total. The molecule has 26 heavy (non-hydrogen) atoms. The molecular formula is C15H19BrN4O6. The van der Waals surface area contributed by atoms with Crippen molar-refractivity contribution < 1.29 is 25.0 Å². The topological polar surface area (TPSA) is 148 Å². The Morgan fingerprint density at radius 1 is 1.27 bits per heavy atom. The van der Waals surface area contributed by atoms with Crippen LogP contribution in [0.4, 0.5) is 17.1 Å². The summed E-state index contributed by atoms with van der Waals surface area (Å²) >= 11 is 3.21. The third kappa shape index (κ3) is 3.61. The number of likely N-dealkylation sites (tertiary alicyclic amines) is 1. The first-order chi connectivity index (χ1) is 12.3. The van der Waals surface area contributed by atoms with Crippen molar-refractivity contribution in [2.75, 3.05) is 23.7 Å². The second kappa shape index (κ2) is 7.35. The Balaban J connectivity index is 1.89. The standard InChI is InChI=1S/C15H19BrN4O6/c16-9-5-8(6-19-3-1-7(2-4-19)15(23)24)10-11(12(9)20(25)26)18-14(22)13(21)17-10/h5,7,13-14,17-18,21-22H,1-4,6H2,(H,23,24). The number of anilines is 2. The Hall–Kier alpha value is -1.95.